The molecule has 1 saturated heterocycles. The lowest BCUT2D eigenvalue weighted by Crippen LogP contribution is -2.36. The second-order valence-electron chi connectivity index (χ2n) is 4.51. The number of ether oxygens (including phenoxy) is 2. The maximum Gasteiger partial charge on any atom is 0.157 e. The zero-order valence-corrected chi connectivity index (χ0v) is 10.4. The molecule has 1 aliphatic heterocycles. The number of rotatable bonds is 6. The van der Waals surface area contributed by atoms with E-state index < -0.39 is 0 Å². The Bertz CT molecular complexity index is 216. The van der Waals surface area contributed by atoms with Gasteiger partial charge in [-0.25, -0.2) is 0 Å². The summed E-state index contributed by atoms with van der Waals surface area (Å²) in [6.45, 7) is 6.50. The first kappa shape index (κ1) is 13.5. The van der Waals surface area contributed by atoms with Gasteiger partial charge < -0.3 is 14.8 Å². The van der Waals surface area contributed by atoms with Crippen molar-refractivity contribution >= 4 is 0 Å². The molecule has 16 heavy (non-hydrogen) atoms. The molecule has 0 spiro atoms. The Morgan fingerprint density at radius 3 is 2.88 bits per heavy atom. The van der Waals surface area contributed by atoms with Gasteiger partial charge in [0.2, 0.25) is 0 Å². The molecule has 3 nitrogen and oxygen atoms in total. The van der Waals surface area contributed by atoms with Crippen LogP contribution in [0.3, 0.4) is 0 Å². The van der Waals surface area contributed by atoms with Crippen LogP contribution in [0.5, 0.6) is 0 Å². The monoisotopic (exact) mass is 225 g/mol. The summed E-state index contributed by atoms with van der Waals surface area (Å²) >= 11 is 0. The van der Waals surface area contributed by atoms with Crippen LogP contribution < -0.4 is 5.32 Å². The average molecular weight is 225 g/mol. The van der Waals surface area contributed by atoms with E-state index in [-0.39, 0.29) is 12.3 Å². The van der Waals surface area contributed by atoms with E-state index in [9.17, 15) is 0 Å². The molecule has 2 atom stereocenters. The van der Waals surface area contributed by atoms with Crippen molar-refractivity contribution in [3.05, 3.63) is 0 Å². The highest BCUT2D eigenvalue weighted by atomic mass is 16.7. The second-order valence-corrected chi connectivity index (χ2v) is 4.51. The van der Waals surface area contributed by atoms with E-state index >= 15 is 0 Å². The van der Waals surface area contributed by atoms with Gasteiger partial charge in [-0.15, -0.1) is 6.42 Å². The van der Waals surface area contributed by atoms with Crippen LogP contribution in [0.25, 0.3) is 0 Å². The lowest BCUT2D eigenvalue weighted by Gasteiger charge is -2.23. The molecule has 0 amide bonds. The molecule has 1 rings (SSSR count). The van der Waals surface area contributed by atoms with Crippen LogP contribution in [-0.4, -0.2) is 32.1 Å². The van der Waals surface area contributed by atoms with Crippen LogP contribution in [0.15, 0.2) is 0 Å². The Labute approximate surface area is 98.9 Å². The van der Waals surface area contributed by atoms with Crippen molar-refractivity contribution in [1.29, 1.82) is 0 Å². The fourth-order valence-electron chi connectivity index (χ4n) is 1.73. The topological polar surface area (TPSA) is 30.5 Å². The zero-order valence-electron chi connectivity index (χ0n) is 10.4. The quantitative estimate of drug-likeness (QED) is 0.552. The number of terminal acetylenes is 1. The van der Waals surface area contributed by atoms with Crippen molar-refractivity contribution < 1.29 is 9.47 Å². The van der Waals surface area contributed by atoms with Crippen molar-refractivity contribution in [2.24, 2.45) is 5.92 Å². The fraction of sp³-hybridized carbons (Fsp3) is 0.846. The van der Waals surface area contributed by atoms with E-state index in [1.54, 1.807) is 0 Å². The molecule has 1 fully saturated rings. The average Bonchev–Trinajstić information content (AvgIpc) is 2.30. The van der Waals surface area contributed by atoms with Gasteiger partial charge in [0.25, 0.3) is 0 Å². The highest BCUT2D eigenvalue weighted by molar-refractivity contribution is 5.00. The van der Waals surface area contributed by atoms with E-state index in [0.29, 0.717) is 12.5 Å². The molecular formula is C13H23NO2. The first-order valence-corrected chi connectivity index (χ1v) is 6.16. The summed E-state index contributed by atoms with van der Waals surface area (Å²) < 4.78 is 11.1. The van der Waals surface area contributed by atoms with Crippen LogP contribution in [0.4, 0.5) is 0 Å². The maximum atomic E-state index is 5.60. The summed E-state index contributed by atoms with van der Waals surface area (Å²) in [6, 6.07) is 0.135. The number of nitrogens with one attached hydrogen (secondary N) is 1. The Morgan fingerprint density at radius 1 is 1.50 bits per heavy atom. The van der Waals surface area contributed by atoms with E-state index in [4.69, 9.17) is 15.9 Å². The Hall–Kier alpha value is -0.560. The third kappa shape index (κ3) is 4.98. The van der Waals surface area contributed by atoms with E-state index in [1.165, 1.54) is 6.42 Å². The Kier molecular flexibility index (Phi) is 6.47. The van der Waals surface area contributed by atoms with Gasteiger partial charge in [0.1, 0.15) is 0 Å². The molecule has 0 saturated carbocycles. The smallest absolute Gasteiger partial charge is 0.157 e. The van der Waals surface area contributed by atoms with Gasteiger partial charge in [-0.3, -0.25) is 0 Å². The third-order valence-electron chi connectivity index (χ3n) is 2.75. The molecule has 0 aromatic carbocycles. The van der Waals surface area contributed by atoms with E-state index in [0.717, 1.165) is 26.0 Å². The number of hydrogen-bond acceptors (Lipinski definition) is 3. The van der Waals surface area contributed by atoms with Crippen LogP contribution in [0.1, 0.15) is 33.1 Å². The molecule has 0 bridgehead atoms. The standard InChI is InChI=1S/C13H23NO2/c1-4-12(11(2)3)14-8-10-16-13-7-5-6-9-15-13/h1,11-14H,5-10H2,2-3H3. The molecule has 0 aromatic rings. The van der Waals surface area contributed by atoms with Gasteiger partial charge in [0, 0.05) is 13.2 Å². The van der Waals surface area contributed by atoms with Gasteiger partial charge in [-0.05, 0) is 25.2 Å². The van der Waals surface area contributed by atoms with Gasteiger partial charge in [-0.2, -0.15) is 0 Å². The summed E-state index contributed by atoms with van der Waals surface area (Å²) in [5.74, 6) is 3.20. The summed E-state index contributed by atoms with van der Waals surface area (Å²) in [5, 5.41) is 3.29. The van der Waals surface area contributed by atoms with Crippen LogP contribution in [0, 0.1) is 18.3 Å². The van der Waals surface area contributed by atoms with Crippen molar-refractivity contribution in [2.45, 2.75) is 45.4 Å². The van der Waals surface area contributed by atoms with Gasteiger partial charge in [-0.1, -0.05) is 19.8 Å². The molecular weight excluding hydrogens is 202 g/mol. The van der Waals surface area contributed by atoms with Crippen molar-refractivity contribution in [3.63, 3.8) is 0 Å². The summed E-state index contributed by atoms with van der Waals surface area (Å²) in [7, 11) is 0. The molecule has 1 aliphatic rings. The lowest BCUT2D eigenvalue weighted by molar-refractivity contribution is -0.161. The highest BCUT2D eigenvalue weighted by Gasteiger charge is 2.14. The Morgan fingerprint density at radius 2 is 2.31 bits per heavy atom. The second kappa shape index (κ2) is 7.67. The first-order valence-electron chi connectivity index (χ1n) is 6.16. The molecule has 2 unspecified atom stereocenters. The molecule has 0 aromatic heterocycles. The predicted octanol–water partition coefficient (Wildman–Crippen LogP) is 1.78. The Balaban J connectivity index is 2.04. The van der Waals surface area contributed by atoms with E-state index in [2.05, 4.69) is 25.1 Å². The van der Waals surface area contributed by atoms with Crippen LogP contribution in [0.2, 0.25) is 0 Å². The highest BCUT2D eigenvalue weighted by Crippen LogP contribution is 2.13. The number of hydrogen-bond donors (Lipinski definition) is 1. The van der Waals surface area contributed by atoms with Gasteiger partial charge in [0.05, 0.1) is 12.6 Å². The SMILES string of the molecule is C#CC(NCCOC1CCCCO1)C(C)C. The summed E-state index contributed by atoms with van der Waals surface area (Å²) in [5.41, 5.74) is 0. The molecule has 0 aliphatic carbocycles. The predicted molar refractivity (Wildman–Crippen MR) is 65.0 cm³/mol. The zero-order chi connectivity index (χ0) is 11.8. The molecule has 3 heteroatoms. The molecule has 0 radical (unpaired) electrons. The molecule has 1 heterocycles. The minimum Gasteiger partial charge on any atom is -0.353 e. The van der Waals surface area contributed by atoms with Crippen molar-refractivity contribution in [1.82, 2.24) is 5.32 Å². The molecule has 92 valence electrons. The third-order valence-corrected chi connectivity index (χ3v) is 2.75. The van der Waals surface area contributed by atoms with Gasteiger partial charge >= 0.3 is 0 Å². The lowest BCUT2D eigenvalue weighted by atomic mass is 10.1. The minimum atomic E-state index is -0.00103. The van der Waals surface area contributed by atoms with Gasteiger partial charge in [0.15, 0.2) is 6.29 Å². The maximum absolute atomic E-state index is 5.60. The minimum absolute atomic E-state index is 0.00103. The summed E-state index contributed by atoms with van der Waals surface area (Å²) in [4.78, 5) is 0. The normalized spacial score (nSPS) is 23.0. The largest absolute Gasteiger partial charge is 0.353 e. The van der Waals surface area contributed by atoms with Crippen molar-refractivity contribution in [2.75, 3.05) is 19.8 Å². The van der Waals surface area contributed by atoms with Crippen LogP contribution >= 0.6 is 0 Å². The summed E-state index contributed by atoms with van der Waals surface area (Å²) in [6.07, 6.45) is 8.80. The van der Waals surface area contributed by atoms with Crippen molar-refractivity contribution in [3.8, 4) is 12.3 Å². The van der Waals surface area contributed by atoms with E-state index in [1.807, 2.05) is 0 Å². The fourth-order valence-corrected chi connectivity index (χ4v) is 1.73. The molecule has 1 N–H and O–H groups in total. The van der Waals surface area contributed by atoms with Crippen LogP contribution in [-0.2, 0) is 9.47 Å². The first-order chi connectivity index (χ1) is 7.74.